The number of aromatic nitrogens is 1. The highest BCUT2D eigenvalue weighted by Gasteiger charge is 2.36. The molecule has 1 N–H and O–H groups in total. The number of hydrogen-bond donors (Lipinski definition) is 1. The number of nitro benzene ring substituents is 1. The predicted octanol–water partition coefficient (Wildman–Crippen LogP) is 5.93. The quantitative estimate of drug-likeness (QED) is 0.175. The zero-order valence-electron chi connectivity index (χ0n) is 19.7. The van der Waals surface area contributed by atoms with E-state index in [9.17, 15) is 24.5 Å². The fraction of sp³-hybridized carbons (Fsp3) is 0.0741. The van der Waals surface area contributed by atoms with Gasteiger partial charge in [-0.3, -0.25) is 29.4 Å². The van der Waals surface area contributed by atoms with Crippen LogP contribution in [-0.2, 0) is 16.1 Å². The minimum atomic E-state index is -0.565. The normalized spacial score (nSPS) is 14.4. The Bertz CT molecular complexity index is 1650. The molecule has 11 heteroatoms. The SMILES string of the molecule is O=C(CN1C(=O)S/C(=C/c2cn(Cc3cccc([N+](=O)[O-])c3)c3ccccc23)C1=O)Nc1ccccc1Cl. The van der Waals surface area contributed by atoms with E-state index < -0.39 is 28.5 Å². The van der Waals surface area contributed by atoms with Crippen LogP contribution in [0.25, 0.3) is 17.0 Å². The minimum absolute atomic E-state index is 0.00596. The fourth-order valence-corrected chi connectivity index (χ4v) is 5.17. The van der Waals surface area contributed by atoms with E-state index in [1.807, 2.05) is 35.0 Å². The summed E-state index contributed by atoms with van der Waals surface area (Å²) in [5.41, 5.74) is 2.71. The van der Waals surface area contributed by atoms with E-state index in [0.29, 0.717) is 22.8 Å². The molecule has 1 aromatic heterocycles. The molecule has 190 valence electrons. The number of hydrogen-bond acceptors (Lipinski definition) is 6. The smallest absolute Gasteiger partial charge is 0.294 e. The van der Waals surface area contributed by atoms with Crippen LogP contribution in [0.1, 0.15) is 11.1 Å². The van der Waals surface area contributed by atoms with Gasteiger partial charge in [0, 0.05) is 41.3 Å². The van der Waals surface area contributed by atoms with Gasteiger partial charge in [0.15, 0.2) is 0 Å². The first-order valence-electron chi connectivity index (χ1n) is 11.4. The molecule has 1 saturated heterocycles. The number of halogens is 1. The molecule has 1 aliphatic rings. The van der Waals surface area contributed by atoms with Crippen molar-refractivity contribution in [3.05, 3.63) is 110 Å². The van der Waals surface area contributed by atoms with Crippen molar-refractivity contribution in [2.45, 2.75) is 6.54 Å². The van der Waals surface area contributed by atoms with Crippen molar-refractivity contribution in [3.63, 3.8) is 0 Å². The number of nitro groups is 1. The standard InChI is InChI=1S/C27H19ClN4O5S/c28-21-9-2-3-10-22(21)29-25(33)16-31-26(34)24(38-27(31)35)13-18-15-30(23-11-4-1-8-20(18)23)14-17-6-5-7-19(12-17)32(36)37/h1-13,15H,14,16H2,(H,29,33)/b24-13+. The Kier molecular flexibility index (Phi) is 6.99. The Morgan fingerprint density at radius 3 is 2.61 bits per heavy atom. The van der Waals surface area contributed by atoms with E-state index in [2.05, 4.69) is 5.32 Å². The molecule has 0 spiro atoms. The summed E-state index contributed by atoms with van der Waals surface area (Å²) in [6, 6.07) is 20.6. The number of imide groups is 1. The van der Waals surface area contributed by atoms with Crippen molar-refractivity contribution >= 4 is 68.8 Å². The van der Waals surface area contributed by atoms with Crippen LogP contribution >= 0.6 is 23.4 Å². The molecule has 9 nitrogen and oxygen atoms in total. The highest BCUT2D eigenvalue weighted by Crippen LogP contribution is 2.34. The third-order valence-electron chi connectivity index (χ3n) is 5.90. The fourth-order valence-electron chi connectivity index (χ4n) is 4.16. The number of nitrogens with one attached hydrogen (secondary N) is 1. The summed E-state index contributed by atoms with van der Waals surface area (Å²) in [7, 11) is 0. The van der Waals surface area contributed by atoms with E-state index in [4.69, 9.17) is 11.6 Å². The van der Waals surface area contributed by atoms with Crippen LogP contribution in [-0.4, -0.2) is 38.0 Å². The number of carbonyl (C=O) groups excluding carboxylic acids is 3. The molecule has 0 atom stereocenters. The monoisotopic (exact) mass is 546 g/mol. The number of rotatable bonds is 7. The first-order valence-corrected chi connectivity index (χ1v) is 12.6. The molecule has 0 aliphatic carbocycles. The maximum absolute atomic E-state index is 13.0. The van der Waals surface area contributed by atoms with Gasteiger partial charge >= 0.3 is 0 Å². The topological polar surface area (TPSA) is 115 Å². The van der Waals surface area contributed by atoms with Gasteiger partial charge in [-0.1, -0.05) is 54.1 Å². The first-order chi connectivity index (χ1) is 18.3. The van der Waals surface area contributed by atoms with Gasteiger partial charge in [-0.2, -0.15) is 0 Å². The highest BCUT2D eigenvalue weighted by atomic mass is 35.5. The van der Waals surface area contributed by atoms with E-state index in [1.54, 1.807) is 42.5 Å². The molecule has 5 rings (SSSR count). The summed E-state index contributed by atoms with van der Waals surface area (Å²) in [5, 5.41) is 14.4. The molecule has 1 fully saturated rings. The zero-order chi connectivity index (χ0) is 26.8. The van der Waals surface area contributed by atoms with Gasteiger partial charge in [-0.25, -0.2) is 0 Å². The second-order valence-corrected chi connectivity index (χ2v) is 9.85. The van der Waals surface area contributed by atoms with Crippen LogP contribution in [0.5, 0.6) is 0 Å². The molecular weight excluding hydrogens is 528 g/mol. The van der Waals surface area contributed by atoms with Crippen LogP contribution in [0.2, 0.25) is 5.02 Å². The van der Waals surface area contributed by atoms with Gasteiger partial charge in [0.05, 0.1) is 20.5 Å². The second-order valence-electron chi connectivity index (χ2n) is 8.45. The molecule has 0 saturated carbocycles. The first kappa shape index (κ1) is 25.2. The molecule has 0 bridgehead atoms. The van der Waals surface area contributed by atoms with E-state index in [1.165, 1.54) is 12.1 Å². The molecule has 4 aromatic rings. The van der Waals surface area contributed by atoms with Gasteiger partial charge in [0.2, 0.25) is 5.91 Å². The van der Waals surface area contributed by atoms with E-state index >= 15 is 0 Å². The lowest BCUT2D eigenvalue weighted by Crippen LogP contribution is -2.36. The van der Waals surface area contributed by atoms with Gasteiger partial charge < -0.3 is 9.88 Å². The lowest BCUT2D eigenvalue weighted by Gasteiger charge is -2.13. The van der Waals surface area contributed by atoms with Crippen molar-refractivity contribution in [2.75, 3.05) is 11.9 Å². The van der Waals surface area contributed by atoms with Crippen molar-refractivity contribution in [2.24, 2.45) is 0 Å². The van der Waals surface area contributed by atoms with Crippen LogP contribution in [0.3, 0.4) is 0 Å². The minimum Gasteiger partial charge on any atom is -0.342 e. The van der Waals surface area contributed by atoms with Crippen molar-refractivity contribution < 1.29 is 19.3 Å². The predicted molar refractivity (Wildman–Crippen MR) is 147 cm³/mol. The zero-order valence-corrected chi connectivity index (χ0v) is 21.2. The third kappa shape index (κ3) is 5.17. The molecule has 3 amide bonds. The molecule has 3 aromatic carbocycles. The van der Waals surface area contributed by atoms with Gasteiger partial charge in [-0.15, -0.1) is 0 Å². The Labute approximate surface area is 225 Å². The second kappa shape index (κ2) is 10.5. The number of thioether (sulfide) groups is 1. The van der Waals surface area contributed by atoms with Crippen LogP contribution in [0.15, 0.2) is 83.9 Å². The Hall–Kier alpha value is -4.41. The summed E-state index contributed by atoms with van der Waals surface area (Å²) >= 11 is 6.83. The van der Waals surface area contributed by atoms with E-state index in [0.717, 1.165) is 33.1 Å². The van der Waals surface area contributed by atoms with Crippen LogP contribution < -0.4 is 5.32 Å². The average molecular weight is 547 g/mol. The number of amides is 3. The number of nitrogens with zero attached hydrogens (tertiary/aromatic N) is 3. The summed E-state index contributed by atoms with van der Waals surface area (Å²) in [6.07, 6.45) is 3.46. The Morgan fingerprint density at radius 1 is 1.05 bits per heavy atom. The number of fused-ring (bicyclic) bond motifs is 1. The molecule has 0 unspecified atom stereocenters. The van der Waals surface area contributed by atoms with Crippen molar-refractivity contribution in [1.82, 2.24) is 9.47 Å². The Morgan fingerprint density at radius 2 is 1.82 bits per heavy atom. The largest absolute Gasteiger partial charge is 0.342 e. The van der Waals surface area contributed by atoms with Crippen molar-refractivity contribution in [3.8, 4) is 0 Å². The lowest BCUT2D eigenvalue weighted by molar-refractivity contribution is -0.384. The highest BCUT2D eigenvalue weighted by molar-refractivity contribution is 8.18. The van der Waals surface area contributed by atoms with Crippen LogP contribution in [0.4, 0.5) is 16.2 Å². The number of carbonyl (C=O) groups is 3. The lowest BCUT2D eigenvalue weighted by atomic mass is 10.1. The van der Waals surface area contributed by atoms with Gasteiger partial charge in [0.1, 0.15) is 6.54 Å². The van der Waals surface area contributed by atoms with Crippen molar-refractivity contribution in [1.29, 1.82) is 0 Å². The number of benzene rings is 3. The number of anilines is 1. The average Bonchev–Trinajstić information content (AvgIpc) is 3.37. The van der Waals surface area contributed by atoms with Gasteiger partial charge in [-0.05, 0) is 41.6 Å². The summed E-state index contributed by atoms with van der Waals surface area (Å²) in [6.45, 7) is -0.0680. The summed E-state index contributed by atoms with van der Waals surface area (Å²) < 4.78 is 1.93. The molecule has 2 heterocycles. The van der Waals surface area contributed by atoms with Gasteiger partial charge in [0.25, 0.3) is 16.8 Å². The maximum Gasteiger partial charge on any atom is 0.294 e. The number of non-ortho nitro benzene ring substituents is 1. The van der Waals surface area contributed by atoms with E-state index in [-0.39, 0.29) is 10.6 Å². The molecule has 38 heavy (non-hydrogen) atoms. The molecule has 1 aliphatic heterocycles. The molecular formula is C27H19ClN4O5S. The maximum atomic E-state index is 13.0. The molecule has 0 radical (unpaired) electrons. The third-order valence-corrected chi connectivity index (χ3v) is 7.14. The summed E-state index contributed by atoms with van der Waals surface area (Å²) in [5.74, 6) is -1.11. The number of para-hydroxylation sites is 2. The Balaban J connectivity index is 1.39. The van der Waals surface area contributed by atoms with Crippen LogP contribution in [0, 0.1) is 10.1 Å². The summed E-state index contributed by atoms with van der Waals surface area (Å²) in [4.78, 5) is 50.0.